The fraction of sp³-hybridized carbons (Fsp3) is 0.167. The van der Waals surface area contributed by atoms with Crippen LogP contribution in [0, 0.1) is 6.92 Å². The number of aromatic nitrogens is 2. The summed E-state index contributed by atoms with van der Waals surface area (Å²) in [5, 5.41) is 3.03. The summed E-state index contributed by atoms with van der Waals surface area (Å²) >= 11 is 17.3. The molecule has 0 aliphatic rings. The highest BCUT2D eigenvalue weighted by molar-refractivity contribution is 6.42. The standard InChI is InChI=1S/C12H7Cl3F3N3/c1-5-9(15)20-11(12(16,17)18)21-10(5)19-6-2-3-7(13)8(14)4-6/h2-4H,1H3,(H,19,20,21). The van der Waals surface area contributed by atoms with Crippen LogP contribution >= 0.6 is 34.8 Å². The Bertz CT molecular complexity index is 689. The van der Waals surface area contributed by atoms with Crippen LogP contribution in [0.3, 0.4) is 0 Å². The number of rotatable bonds is 2. The molecular formula is C12H7Cl3F3N3. The van der Waals surface area contributed by atoms with Crippen LogP contribution < -0.4 is 5.32 Å². The molecule has 0 fully saturated rings. The number of benzene rings is 1. The van der Waals surface area contributed by atoms with E-state index in [0.29, 0.717) is 10.7 Å². The van der Waals surface area contributed by atoms with E-state index in [-0.39, 0.29) is 21.6 Å². The van der Waals surface area contributed by atoms with Crippen LogP contribution in [0.15, 0.2) is 18.2 Å². The van der Waals surface area contributed by atoms with Crippen molar-refractivity contribution in [3.63, 3.8) is 0 Å². The second-order valence-corrected chi connectivity index (χ2v) is 5.24. The molecule has 1 aromatic carbocycles. The minimum absolute atomic E-state index is 0.0549. The maximum atomic E-state index is 12.7. The van der Waals surface area contributed by atoms with Gasteiger partial charge in [0.05, 0.1) is 10.0 Å². The summed E-state index contributed by atoms with van der Waals surface area (Å²) in [7, 11) is 0. The summed E-state index contributed by atoms with van der Waals surface area (Å²) in [5.74, 6) is -1.37. The molecule has 2 rings (SSSR count). The average Bonchev–Trinajstić information content (AvgIpc) is 2.38. The van der Waals surface area contributed by atoms with Gasteiger partial charge in [-0.05, 0) is 25.1 Å². The maximum absolute atomic E-state index is 12.7. The molecule has 0 saturated carbocycles. The Labute approximate surface area is 133 Å². The lowest BCUT2D eigenvalue weighted by molar-refractivity contribution is -0.144. The molecule has 21 heavy (non-hydrogen) atoms. The second kappa shape index (κ2) is 5.87. The summed E-state index contributed by atoms with van der Waals surface area (Å²) in [6.45, 7) is 1.50. The van der Waals surface area contributed by atoms with Gasteiger partial charge in [0.15, 0.2) is 0 Å². The quantitative estimate of drug-likeness (QED) is 0.721. The highest BCUT2D eigenvalue weighted by Crippen LogP contribution is 2.32. The van der Waals surface area contributed by atoms with Gasteiger partial charge in [-0.1, -0.05) is 34.8 Å². The van der Waals surface area contributed by atoms with Crippen LogP contribution in [0.4, 0.5) is 24.7 Å². The van der Waals surface area contributed by atoms with E-state index in [4.69, 9.17) is 34.8 Å². The minimum atomic E-state index is -4.69. The Hall–Kier alpha value is -1.24. The molecule has 0 amide bonds. The summed E-state index contributed by atoms with van der Waals surface area (Å²) in [4.78, 5) is 6.66. The molecule has 1 N–H and O–H groups in total. The molecule has 0 atom stereocenters. The number of halogens is 6. The van der Waals surface area contributed by atoms with Crippen molar-refractivity contribution in [1.82, 2.24) is 9.97 Å². The van der Waals surface area contributed by atoms with Crippen LogP contribution in [-0.2, 0) is 6.18 Å². The molecule has 2 aromatic rings. The van der Waals surface area contributed by atoms with Gasteiger partial charge >= 0.3 is 6.18 Å². The number of hydrogen-bond acceptors (Lipinski definition) is 3. The molecule has 0 spiro atoms. The van der Waals surface area contributed by atoms with Crippen molar-refractivity contribution < 1.29 is 13.2 Å². The Balaban J connectivity index is 2.43. The van der Waals surface area contributed by atoms with Gasteiger partial charge in [0.25, 0.3) is 0 Å². The summed E-state index contributed by atoms with van der Waals surface area (Å²) in [6.07, 6.45) is -4.69. The number of nitrogens with one attached hydrogen (secondary N) is 1. The van der Waals surface area contributed by atoms with Crippen LogP contribution in [0.25, 0.3) is 0 Å². The topological polar surface area (TPSA) is 37.8 Å². The molecule has 112 valence electrons. The number of hydrogen-bond donors (Lipinski definition) is 1. The Morgan fingerprint density at radius 3 is 2.29 bits per heavy atom. The molecule has 1 heterocycles. The predicted octanol–water partition coefficient (Wildman–Crippen LogP) is 5.51. The largest absolute Gasteiger partial charge is 0.451 e. The van der Waals surface area contributed by atoms with Crippen LogP contribution in [-0.4, -0.2) is 9.97 Å². The fourth-order valence-electron chi connectivity index (χ4n) is 1.45. The SMILES string of the molecule is Cc1c(Cl)nc(C(F)(F)F)nc1Nc1ccc(Cl)c(Cl)c1. The molecule has 1 aromatic heterocycles. The van der Waals surface area contributed by atoms with Crippen molar-refractivity contribution in [3.8, 4) is 0 Å². The van der Waals surface area contributed by atoms with E-state index >= 15 is 0 Å². The highest BCUT2D eigenvalue weighted by Gasteiger charge is 2.36. The Morgan fingerprint density at radius 2 is 1.71 bits per heavy atom. The molecule has 0 aliphatic heterocycles. The van der Waals surface area contributed by atoms with E-state index in [1.807, 2.05) is 0 Å². The zero-order valence-corrected chi connectivity index (χ0v) is 12.7. The monoisotopic (exact) mass is 355 g/mol. The highest BCUT2D eigenvalue weighted by atomic mass is 35.5. The number of anilines is 2. The Kier molecular flexibility index (Phi) is 4.51. The third-order valence-electron chi connectivity index (χ3n) is 2.52. The van der Waals surface area contributed by atoms with Crippen LogP contribution in [0.5, 0.6) is 0 Å². The molecule has 3 nitrogen and oxygen atoms in total. The molecule has 0 radical (unpaired) electrons. The van der Waals surface area contributed by atoms with E-state index in [1.54, 1.807) is 6.07 Å². The van der Waals surface area contributed by atoms with Gasteiger partial charge < -0.3 is 5.32 Å². The maximum Gasteiger partial charge on any atom is 0.451 e. The lowest BCUT2D eigenvalue weighted by Gasteiger charge is -2.13. The average molecular weight is 357 g/mol. The number of alkyl halides is 3. The molecule has 0 unspecified atom stereocenters. The first kappa shape index (κ1) is 16.1. The lowest BCUT2D eigenvalue weighted by atomic mass is 10.3. The molecule has 0 aliphatic carbocycles. The van der Waals surface area contributed by atoms with Crippen molar-refractivity contribution in [3.05, 3.63) is 44.8 Å². The summed E-state index contributed by atoms with van der Waals surface area (Å²) in [5.41, 5.74) is 0.714. The zero-order chi connectivity index (χ0) is 15.8. The van der Waals surface area contributed by atoms with Gasteiger partial charge in [-0.2, -0.15) is 13.2 Å². The van der Waals surface area contributed by atoms with Gasteiger partial charge in [0.2, 0.25) is 5.82 Å². The molecule has 0 bridgehead atoms. The van der Waals surface area contributed by atoms with Crippen molar-refractivity contribution >= 4 is 46.3 Å². The second-order valence-electron chi connectivity index (χ2n) is 4.06. The lowest BCUT2D eigenvalue weighted by Crippen LogP contribution is -2.13. The van der Waals surface area contributed by atoms with E-state index in [9.17, 15) is 13.2 Å². The van der Waals surface area contributed by atoms with Gasteiger partial charge in [0.1, 0.15) is 11.0 Å². The minimum Gasteiger partial charge on any atom is -0.340 e. The normalized spacial score (nSPS) is 11.6. The zero-order valence-electron chi connectivity index (χ0n) is 10.4. The van der Waals surface area contributed by atoms with E-state index in [2.05, 4.69) is 15.3 Å². The van der Waals surface area contributed by atoms with Crippen molar-refractivity contribution in [2.24, 2.45) is 0 Å². The van der Waals surface area contributed by atoms with E-state index < -0.39 is 12.0 Å². The van der Waals surface area contributed by atoms with E-state index in [0.717, 1.165) is 0 Å². The van der Waals surface area contributed by atoms with Crippen molar-refractivity contribution in [2.45, 2.75) is 13.1 Å². The Morgan fingerprint density at radius 1 is 1.05 bits per heavy atom. The third kappa shape index (κ3) is 3.70. The summed E-state index contributed by atoms with van der Waals surface area (Å²) < 4.78 is 38.1. The van der Waals surface area contributed by atoms with Crippen LogP contribution in [0.1, 0.15) is 11.4 Å². The molecular weight excluding hydrogens is 350 g/mol. The first-order chi connectivity index (χ1) is 9.68. The van der Waals surface area contributed by atoms with Crippen LogP contribution in [0.2, 0.25) is 15.2 Å². The molecule has 9 heteroatoms. The van der Waals surface area contributed by atoms with E-state index in [1.165, 1.54) is 19.1 Å². The van der Waals surface area contributed by atoms with Gasteiger partial charge in [-0.3, -0.25) is 0 Å². The number of nitrogens with zero attached hydrogens (tertiary/aromatic N) is 2. The smallest absolute Gasteiger partial charge is 0.340 e. The van der Waals surface area contributed by atoms with Gasteiger partial charge in [-0.25, -0.2) is 9.97 Å². The fourth-order valence-corrected chi connectivity index (χ4v) is 1.92. The predicted molar refractivity (Wildman–Crippen MR) is 76.5 cm³/mol. The summed E-state index contributed by atoms with van der Waals surface area (Å²) in [6, 6.07) is 4.53. The molecule has 0 saturated heterocycles. The van der Waals surface area contributed by atoms with Gasteiger partial charge in [0, 0.05) is 11.3 Å². The van der Waals surface area contributed by atoms with Gasteiger partial charge in [-0.15, -0.1) is 0 Å². The third-order valence-corrected chi connectivity index (χ3v) is 3.63. The first-order valence-corrected chi connectivity index (χ1v) is 6.65. The van der Waals surface area contributed by atoms with Crippen molar-refractivity contribution in [1.29, 1.82) is 0 Å². The van der Waals surface area contributed by atoms with Crippen molar-refractivity contribution in [2.75, 3.05) is 5.32 Å². The first-order valence-electron chi connectivity index (χ1n) is 5.52.